The van der Waals surface area contributed by atoms with E-state index in [1.165, 1.54) is 0 Å². The Morgan fingerprint density at radius 3 is 2.64 bits per heavy atom. The fraction of sp³-hybridized carbons (Fsp3) is 0.875. The highest BCUT2D eigenvalue weighted by atomic mass is 16.7. The van der Waals surface area contributed by atoms with Crippen LogP contribution in [0, 0.1) is 0 Å². The zero-order chi connectivity index (χ0) is 8.11. The summed E-state index contributed by atoms with van der Waals surface area (Å²) in [5.41, 5.74) is -0.692. The van der Waals surface area contributed by atoms with Crippen LogP contribution in [0.4, 0.5) is 0 Å². The number of ether oxygens (including phenoxy) is 2. The Hall–Kier alpha value is -0.570. The first-order valence-corrected chi connectivity index (χ1v) is 4.02. The van der Waals surface area contributed by atoms with Gasteiger partial charge in [0.15, 0.2) is 5.60 Å². The van der Waals surface area contributed by atoms with Crippen LogP contribution in [-0.4, -0.2) is 23.8 Å². The Bertz CT molecular complexity index is 207. The summed E-state index contributed by atoms with van der Waals surface area (Å²) in [5.74, 6) is -0.197. The molecule has 0 amide bonds. The van der Waals surface area contributed by atoms with Gasteiger partial charge in [0.25, 0.3) is 0 Å². The van der Waals surface area contributed by atoms with Crippen molar-refractivity contribution in [3.8, 4) is 0 Å². The van der Waals surface area contributed by atoms with E-state index in [1.54, 1.807) is 0 Å². The molecule has 2 aliphatic rings. The topological polar surface area (TPSA) is 38.8 Å². The van der Waals surface area contributed by atoms with Crippen molar-refractivity contribution >= 4 is 5.97 Å². The molecule has 2 rings (SSSR count). The summed E-state index contributed by atoms with van der Waals surface area (Å²) in [4.78, 5) is 11.2. The Labute approximate surface area is 65.7 Å². The van der Waals surface area contributed by atoms with Crippen molar-refractivity contribution in [3.63, 3.8) is 0 Å². The van der Waals surface area contributed by atoms with Crippen LogP contribution in [0.25, 0.3) is 0 Å². The van der Waals surface area contributed by atoms with E-state index >= 15 is 0 Å². The number of hydrogen-bond acceptors (Lipinski definition) is 3. The second-order valence-electron chi connectivity index (χ2n) is 3.35. The first-order valence-electron chi connectivity index (χ1n) is 4.02. The molecular weight excluding hydrogens is 144 g/mol. The van der Waals surface area contributed by atoms with Gasteiger partial charge in [-0.15, -0.1) is 0 Å². The Morgan fingerprint density at radius 2 is 2.27 bits per heavy atom. The molecule has 3 nitrogen and oxygen atoms in total. The first-order chi connectivity index (χ1) is 5.15. The molecule has 1 aliphatic heterocycles. The highest BCUT2D eigenvalue weighted by molar-refractivity contribution is 5.85. The van der Waals surface area contributed by atoms with E-state index in [2.05, 4.69) is 0 Å². The van der Waals surface area contributed by atoms with Crippen LogP contribution in [0.15, 0.2) is 0 Å². The number of esters is 1. The van der Waals surface area contributed by atoms with E-state index in [0.29, 0.717) is 6.61 Å². The lowest BCUT2D eigenvalue weighted by atomic mass is 10.1. The maximum absolute atomic E-state index is 11.2. The molecule has 3 heteroatoms. The van der Waals surface area contributed by atoms with Crippen molar-refractivity contribution in [1.82, 2.24) is 0 Å². The van der Waals surface area contributed by atoms with Gasteiger partial charge in [-0.05, 0) is 26.7 Å². The van der Waals surface area contributed by atoms with Gasteiger partial charge < -0.3 is 9.47 Å². The minimum absolute atomic E-state index is 0.0980. The standard InChI is InChI=1S/C8H12O3/c1-3-10-6(9)7(2)8(11-7)4-5-8/h3-5H2,1-2H3. The largest absolute Gasteiger partial charge is 0.464 e. The molecule has 1 saturated carbocycles. The van der Waals surface area contributed by atoms with Crippen molar-refractivity contribution in [2.24, 2.45) is 0 Å². The number of carbonyl (C=O) groups excluding carboxylic acids is 1. The number of hydrogen-bond donors (Lipinski definition) is 0. The van der Waals surface area contributed by atoms with Gasteiger partial charge in [-0.1, -0.05) is 0 Å². The van der Waals surface area contributed by atoms with Crippen LogP contribution < -0.4 is 0 Å². The third kappa shape index (κ3) is 0.745. The van der Waals surface area contributed by atoms with Gasteiger partial charge in [0.05, 0.1) is 6.61 Å². The van der Waals surface area contributed by atoms with Crippen LogP contribution in [0.3, 0.4) is 0 Å². The van der Waals surface area contributed by atoms with Gasteiger partial charge in [0, 0.05) is 0 Å². The second-order valence-corrected chi connectivity index (χ2v) is 3.35. The van der Waals surface area contributed by atoms with Gasteiger partial charge in [-0.25, -0.2) is 4.79 Å². The fourth-order valence-corrected chi connectivity index (χ4v) is 1.55. The number of epoxide rings is 1. The van der Waals surface area contributed by atoms with Crippen LogP contribution in [0.2, 0.25) is 0 Å². The van der Waals surface area contributed by atoms with Crippen molar-refractivity contribution in [1.29, 1.82) is 0 Å². The minimum atomic E-state index is -0.594. The molecule has 0 bridgehead atoms. The lowest BCUT2D eigenvalue weighted by Crippen LogP contribution is -2.26. The number of rotatable bonds is 2. The summed E-state index contributed by atoms with van der Waals surface area (Å²) < 4.78 is 10.2. The molecule has 62 valence electrons. The van der Waals surface area contributed by atoms with Crippen molar-refractivity contribution < 1.29 is 14.3 Å². The van der Waals surface area contributed by atoms with Gasteiger partial charge in [-0.3, -0.25) is 0 Å². The van der Waals surface area contributed by atoms with Crippen LogP contribution in [0.5, 0.6) is 0 Å². The summed E-state index contributed by atoms with van der Waals surface area (Å²) in [7, 11) is 0. The van der Waals surface area contributed by atoms with E-state index in [1.807, 2.05) is 13.8 Å². The highest BCUT2D eigenvalue weighted by Gasteiger charge is 2.79. The molecular formula is C8H12O3. The van der Waals surface area contributed by atoms with E-state index in [4.69, 9.17) is 9.47 Å². The van der Waals surface area contributed by atoms with Crippen LogP contribution in [0.1, 0.15) is 26.7 Å². The molecule has 0 aromatic rings. The predicted molar refractivity (Wildman–Crippen MR) is 38.1 cm³/mol. The van der Waals surface area contributed by atoms with Crippen LogP contribution in [-0.2, 0) is 14.3 Å². The third-order valence-corrected chi connectivity index (χ3v) is 2.60. The zero-order valence-corrected chi connectivity index (χ0v) is 6.85. The predicted octanol–water partition coefficient (Wildman–Crippen LogP) is 0.871. The maximum Gasteiger partial charge on any atom is 0.341 e. The summed E-state index contributed by atoms with van der Waals surface area (Å²) >= 11 is 0. The van der Waals surface area contributed by atoms with Gasteiger partial charge in [0.2, 0.25) is 0 Å². The molecule has 0 aromatic carbocycles. The van der Waals surface area contributed by atoms with E-state index in [9.17, 15) is 4.79 Å². The van der Waals surface area contributed by atoms with Crippen molar-refractivity contribution in [2.45, 2.75) is 37.9 Å². The Morgan fingerprint density at radius 1 is 1.64 bits per heavy atom. The maximum atomic E-state index is 11.2. The molecule has 0 radical (unpaired) electrons. The average Bonchev–Trinajstić information content (AvgIpc) is 2.79. The summed E-state index contributed by atoms with van der Waals surface area (Å²) in [6.45, 7) is 4.06. The van der Waals surface area contributed by atoms with Crippen LogP contribution >= 0.6 is 0 Å². The molecule has 1 atom stereocenters. The molecule has 1 spiro atoms. The Kier molecular flexibility index (Phi) is 1.15. The molecule has 1 unspecified atom stereocenters. The van der Waals surface area contributed by atoms with E-state index in [0.717, 1.165) is 12.8 Å². The minimum Gasteiger partial charge on any atom is -0.464 e. The molecule has 2 fully saturated rings. The molecule has 1 aliphatic carbocycles. The van der Waals surface area contributed by atoms with Crippen molar-refractivity contribution in [2.75, 3.05) is 6.61 Å². The average molecular weight is 156 g/mol. The molecule has 11 heavy (non-hydrogen) atoms. The fourth-order valence-electron chi connectivity index (χ4n) is 1.55. The lowest BCUT2D eigenvalue weighted by Gasteiger charge is -2.03. The van der Waals surface area contributed by atoms with E-state index < -0.39 is 5.60 Å². The quantitative estimate of drug-likeness (QED) is 0.440. The molecule has 0 aromatic heterocycles. The van der Waals surface area contributed by atoms with Crippen molar-refractivity contribution in [3.05, 3.63) is 0 Å². The van der Waals surface area contributed by atoms with E-state index in [-0.39, 0.29) is 11.6 Å². The lowest BCUT2D eigenvalue weighted by molar-refractivity contribution is -0.148. The molecule has 1 saturated heterocycles. The SMILES string of the molecule is CCOC(=O)C1(C)OC12CC2. The highest BCUT2D eigenvalue weighted by Crippen LogP contribution is 2.64. The first kappa shape index (κ1) is 7.10. The normalized spacial score (nSPS) is 36.9. The summed E-state index contributed by atoms with van der Waals surface area (Å²) in [5, 5.41) is 0. The number of carbonyl (C=O) groups is 1. The third-order valence-electron chi connectivity index (χ3n) is 2.60. The van der Waals surface area contributed by atoms with Gasteiger partial charge in [-0.2, -0.15) is 0 Å². The molecule has 1 heterocycles. The van der Waals surface area contributed by atoms with Gasteiger partial charge >= 0.3 is 5.97 Å². The smallest absolute Gasteiger partial charge is 0.341 e. The summed E-state index contributed by atoms with van der Waals surface area (Å²) in [6, 6.07) is 0. The Balaban J connectivity index is 2.00. The van der Waals surface area contributed by atoms with Gasteiger partial charge in [0.1, 0.15) is 5.60 Å². The second kappa shape index (κ2) is 1.78. The zero-order valence-electron chi connectivity index (χ0n) is 6.85. The molecule has 0 N–H and O–H groups in total. The monoisotopic (exact) mass is 156 g/mol. The summed E-state index contributed by atoms with van der Waals surface area (Å²) in [6.07, 6.45) is 2.03.